The molecule has 0 spiro atoms. The van der Waals surface area contributed by atoms with Gasteiger partial charge in [-0.25, -0.2) is 0 Å². The molecule has 0 saturated carbocycles. The molecule has 1 heterocycles. The average molecular weight is 352 g/mol. The van der Waals surface area contributed by atoms with Gasteiger partial charge in [-0.1, -0.05) is 89.0 Å². The van der Waals surface area contributed by atoms with Crippen LogP contribution in [0.15, 0.2) is 11.6 Å². The summed E-state index contributed by atoms with van der Waals surface area (Å²) in [6.45, 7) is 12.2. The van der Waals surface area contributed by atoms with Crippen LogP contribution in [0.5, 0.6) is 0 Å². The Labute approximate surface area is 154 Å². The van der Waals surface area contributed by atoms with E-state index in [0.717, 1.165) is 0 Å². The zero-order chi connectivity index (χ0) is 17.6. The summed E-state index contributed by atoms with van der Waals surface area (Å²) in [5.74, 6) is 0. The molecule has 1 nitrogen and oxygen atoms in total. The van der Waals surface area contributed by atoms with E-state index in [1.165, 1.54) is 95.4 Å². The molecule has 0 radical (unpaired) electrons. The number of hydrogen-bond acceptors (Lipinski definition) is 1. The van der Waals surface area contributed by atoms with Gasteiger partial charge in [-0.3, -0.25) is 4.90 Å². The highest BCUT2D eigenvalue weighted by molar-refractivity contribution is 6.59. The first-order valence-corrected chi connectivity index (χ1v) is 13.6. The monoisotopic (exact) mass is 351 g/mol. The van der Waals surface area contributed by atoms with E-state index in [2.05, 4.69) is 38.7 Å². The van der Waals surface area contributed by atoms with Gasteiger partial charge in [0.05, 0.1) is 0 Å². The van der Waals surface area contributed by atoms with Gasteiger partial charge in [0, 0.05) is 14.8 Å². The Bertz CT molecular complexity index is 308. The van der Waals surface area contributed by atoms with Crippen LogP contribution in [-0.4, -0.2) is 32.8 Å². The molecule has 24 heavy (non-hydrogen) atoms. The first-order valence-electron chi connectivity index (χ1n) is 11.1. The van der Waals surface area contributed by atoms with Crippen LogP contribution in [0.3, 0.4) is 0 Å². The smallest absolute Gasteiger partial charge is 0.0404 e. The van der Waals surface area contributed by atoms with Crippen LogP contribution >= 0.6 is 0 Å². The summed E-state index contributed by atoms with van der Waals surface area (Å²) in [5, 5.41) is 0. The van der Waals surface area contributed by atoms with E-state index in [4.69, 9.17) is 0 Å². The third-order valence-electron chi connectivity index (χ3n) is 6.27. The largest absolute Gasteiger partial charge is 0.297 e. The molecule has 142 valence electrons. The van der Waals surface area contributed by atoms with E-state index in [0.29, 0.717) is 6.04 Å². The predicted octanol–water partition coefficient (Wildman–Crippen LogP) is 6.80. The Morgan fingerprint density at radius 3 is 1.62 bits per heavy atom. The quantitative estimate of drug-likeness (QED) is 0.375. The predicted molar refractivity (Wildman–Crippen MR) is 114 cm³/mol. The van der Waals surface area contributed by atoms with Crippen LogP contribution in [0.4, 0.5) is 0 Å². The van der Waals surface area contributed by atoms with E-state index in [9.17, 15) is 0 Å². The average Bonchev–Trinajstić information content (AvgIpc) is 2.63. The molecule has 1 fully saturated rings. The van der Waals surface area contributed by atoms with Crippen LogP contribution < -0.4 is 0 Å². The lowest BCUT2D eigenvalue weighted by atomic mass is 10.1. The SMILES string of the molecule is C/C=C(/C[SiH](CC)CC)C(C)N1CCCCCCCCCCCC1. The maximum atomic E-state index is 2.82. The van der Waals surface area contributed by atoms with Crippen molar-refractivity contribution in [3.05, 3.63) is 11.6 Å². The fourth-order valence-corrected chi connectivity index (χ4v) is 6.62. The fraction of sp³-hybridized carbons (Fsp3) is 0.909. The second-order valence-corrected chi connectivity index (χ2v) is 11.8. The van der Waals surface area contributed by atoms with Gasteiger partial charge in [-0.2, -0.15) is 0 Å². The lowest BCUT2D eigenvalue weighted by Crippen LogP contribution is -2.37. The molecule has 1 unspecified atom stereocenters. The van der Waals surface area contributed by atoms with Gasteiger partial charge in [0.1, 0.15) is 0 Å². The van der Waals surface area contributed by atoms with Crippen molar-refractivity contribution in [2.45, 2.75) is 116 Å². The van der Waals surface area contributed by atoms with Crippen LogP contribution in [0.25, 0.3) is 0 Å². The maximum Gasteiger partial charge on any atom is 0.0404 e. The van der Waals surface area contributed by atoms with Crippen molar-refractivity contribution in [1.82, 2.24) is 4.90 Å². The van der Waals surface area contributed by atoms with Crippen LogP contribution in [0.1, 0.15) is 91.9 Å². The number of rotatable bonds is 6. The summed E-state index contributed by atoms with van der Waals surface area (Å²) < 4.78 is 0. The summed E-state index contributed by atoms with van der Waals surface area (Å²) in [7, 11) is -0.528. The molecule has 2 heteroatoms. The number of hydrogen-bond donors (Lipinski definition) is 0. The van der Waals surface area contributed by atoms with E-state index in [-0.39, 0.29) is 0 Å². The fourth-order valence-electron chi connectivity index (χ4n) is 4.22. The molecular weight excluding hydrogens is 306 g/mol. The first-order chi connectivity index (χ1) is 11.7. The Kier molecular flexibility index (Phi) is 12.9. The van der Waals surface area contributed by atoms with Gasteiger partial charge in [-0.15, -0.1) is 0 Å². The minimum atomic E-state index is -0.528. The standard InChI is InChI=1S/C22H45NSi/c1-5-22(20-24(6-2)7-3)21(4)23-18-16-14-12-10-8-9-11-13-15-17-19-23/h5,21,24H,6-20H2,1-4H3/b22-5-. The highest BCUT2D eigenvalue weighted by Gasteiger charge is 2.19. The molecule has 1 aliphatic heterocycles. The van der Waals surface area contributed by atoms with Gasteiger partial charge < -0.3 is 0 Å². The van der Waals surface area contributed by atoms with Gasteiger partial charge in [0.25, 0.3) is 0 Å². The van der Waals surface area contributed by atoms with Crippen molar-refractivity contribution < 1.29 is 0 Å². The molecule has 1 aliphatic rings. The van der Waals surface area contributed by atoms with Crippen LogP contribution in [-0.2, 0) is 0 Å². The molecule has 0 aromatic heterocycles. The molecule has 0 N–H and O–H groups in total. The minimum absolute atomic E-state index is 0.528. The Morgan fingerprint density at radius 2 is 1.25 bits per heavy atom. The lowest BCUT2D eigenvalue weighted by molar-refractivity contribution is 0.222. The van der Waals surface area contributed by atoms with Crippen LogP contribution in [0.2, 0.25) is 18.1 Å². The van der Waals surface area contributed by atoms with Gasteiger partial charge in [0.15, 0.2) is 0 Å². The van der Waals surface area contributed by atoms with Crippen molar-refractivity contribution >= 4 is 8.80 Å². The molecule has 0 aliphatic carbocycles. The third kappa shape index (κ3) is 8.85. The number of allylic oxidation sites excluding steroid dienone is 1. The topological polar surface area (TPSA) is 3.24 Å². The lowest BCUT2D eigenvalue weighted by Gasteiger charge is -2.32. The van der Waals surface area contributed by atoms with E-state index in [1.54, 1.807) is 5.57 Å². The van der Waals surface area contributed by atoms with Gasteiger partial charge >= 0.3 is 0 Å². The Morgan fingerprint density at radius 1 is 0.833 bits per heavy atom. The van der Waals surface area contributed by atoms with Crippen molar-refractivity contribution in [1.29, 1.82) is 0 Å². The van der Waals surface area contributed by atoms with Crippen molar-refractivity contribution in [2.24, 2.45) is 0 Å². The molecule has 1 saturated heterocycles. The summed E-state index contributed by atoms with van der Waals surface area (Å²) in [6.07, 6.45) is 17.0. The zero-order valence-electron chi connectivity index (χ0n) is 17.3. The van der Waals surface area contributed by atoms with Crippen molar-refractivity contribution in [3.63, 3.8) is 0 Å². The van der Waals surface area contributed by atoms with Crippen molar-refractivity contribution in [2.75, 3.05) is 13.1 Å². The third-order valence-corrected chi connectivity index (χ3v) is 9.63. The second kappa shape index (κ2) is 14.1. The second-order valence-electron chi connectivity index (χ2n) is 8.00. The van der Waals surface area contributed by atoms with Gasteiger partial charge in [0.2, 0.25) is 0 Å². The number of nitrogens with zero attached hydrogens (tertiary/aromatic N) is 1. The first kappa shape index (κ1) is 22.0. The highest BCUT2D eigenvalue weighted by Crippen LogP contribution is 2.22. The summed E-state index contributed by atoms with van der Waals surface area (Å²) in [4.78, 5) is 2.82. The maximum absolute atomic E-state index is 2.82. The normalized spacial score (nSPS) is 21.8. The van der Waals surface area contributed by atoms with E-state index >= 15 is 0 Å². The Balaban J connectivity index is 2.61. The molecular formula is C22H45NSi. The molecule has 1 atom stereocenters. The molecule has 0 bridgehead atoms. The summed E-state index contributed by atoms with van der Waals surface area (Å²) >= 11 is 0. The zero-order valence-corrected chi connectivity index (χ0v) is 18.4. The highest BCUT2D eigenvalue weighted by atomic mass is 28.3. The van der Waals surface area contributed by atoms with E-state index in [1.807, 2.05) is 0 Å². The molecule has 0 amide bonds. The molecule has 0 aromatic rings. The van der Waals surface area contributed by atoms with Crippen molar-refractivity contribution in [3.8, 4) is 0 Å². The minimum Gasteiger partial charge on any atom is -0.297 e. The molecule has 0 aromatic carbocycles. The van der Waals surface area contributed by atoms with Gasteiger partial charge in [-0.05, 0) is 45.8 Å². The molecule has 1 rings (SSSR count). The summed E-state index contributed by atoms with van der Waals surface area (Å²) in [6, 6.07) is 5.04. The Hall–Kier alpha value is -0.0831. The van der Waals surface area contributed by atoms with E-state index < -0.39 is 8.80 Å². The van der Waals surface area contributed by atoms with Crippen LogP contribution in [0, 0.1) is 0 Å². The summed E-state index contributed by atoms with van der Waals surface area (Å²) in [5.41, 5.74) is 1.75.